The molecule has 32 heavy (non-hydrogen) atoms. The van der Waals surface area contributed by atoms with E-state index >= 15 is 0 Å². The van der Waals surface area contributed by atoms with Crippen molar-refractivity contribution in [2.45, 2.75) is 12.8 Å². The average Bonchev–Trinajstić information content (AvgIpc) is 3.34. The van der Waals surface area contributed by atoms with Crippen molar-refractivity contribution in [3.63, 3.8) is 0 Å². The highest BCUT2D eigenvalue weighted by molar-refractivity contribution is 14.1. The number of aliphatic imine (C=N–C) groups is 3. The fraction of sp³-hybridized carbons (Fsp3) is 0.182. The topological polar surface area (TPSA) is 109 Å². The number of carbonyl (C=O) groups excluding carboxylic acids is 2. The molecule has 0 radical (unpaired) electrons. The molecule has 8 nitrogen and oxygen atoms in total. The van der Waals surface area contributed by atoms with E-state index in [-0.39, 0.29) is 17.3 Å². The summed E-state index contributed by atoms with van der Waals surface area (Å²) in [4.78, 5) is 33.4. The van der Waals surface area contributed by atoms with Gasteiger partial charge in [-0.1, -0.05) is 12.1 Å². The third-order valence-corrected chi connectivity index (χ3v) is 4.54. The van der Waals surface area contributed by atoms with E-state index in [9.17, 15) is 14.0 Å². The summed E-state index contributed by atoms with van der Waals surface area (Å²) >= 11 is 1.98. The first-order valence-corrected chi connectivity index (χ1v) is 10.2. The molecule has 0 unspecified atom stereocenters. The van der Waals surface area contributed by atoms with Gasteiger partial charge in [-0.3, -0.25) is 29.0 Å². The third-order valence-electron chi connectivity index (χ3n) is 3.66. The van der Waals surface area contributed by atoms with E-state index in [1.807, 2.05) is 34.7 Å². The number of rotatable bonds is 2. The number of phenols is 1. The van der Waals surface area contributed by atoms with Gasteiger partial charge in [-0.25, -0.2) is 4.68 Å². The quantitative estimate of drug-likeness (QED) is 0.448. The Morgan fingerprint density at radius 1 is 1.16 bits per heavy atom. The van der Waals surface area contributed by atoms with E-state index in [0.717, 1.165) is 9.14 Å². The van der Waals surface area contributed by atoms with Crippen LogP contribution >= 0.6 is 22.6 Å². The number of benzene rings is 1. The van der Waals surface area contributed by atoms with Gasteiger partial charge in [-0.05, 0) is 40.8 Å². The summed E-state index contributed by atoms with van der Waals surface area (Å²) in [5.41, 5.74) is 1.28. The van der Waals surface area contributed by atoms with Crippen LogP contribution in [0, 0.1) is 0 Å². The zero-order valence-corrected chi connectivity index (χ0v) is 19.5. The SMILES string of the molecule is CN=Cc1ccccc1O.O=C1CC=NC=C1I.O=C1CC=NC=C1n1cccn1.[2H]CF. The maximum absolute atomic E-state index is 11.3. The van der Waals surface area contributed by atoms with E-state index in [0.29, 0.717) is 18.5 Å². The Morgan fingerprint density at radius 2 is 1.81 bits per heavy atom. The van der Waals surface area contributed by atoms with Crippen LogP contribution in [-0.4, -0.2) is 59.3 Å². The molecule has 1 aromatic carbocycles. The van der Waals surface area contributed by atoms with Crippen molar-refractivity contribution in [3.05, 3.63) is 64.3 Å². The molecule has 0 bridgehead atoms. The molecule has 1 aromatic heterocycles. The lowest BCUT2D eigenvalue weighted by molar-refractivity contribution is -0.114. The third kappa shape index (κ3) is 9.25. The molecule has 10 heteroatoms. The van der Waals surface area contributed by atoms with Crippen LogP contribution in [0.25, 0.3) is 5.70 Å². The fourth-order valence-electron chi connectivity index (χ4n) is 2.19. The lowest BCUT2D eigenvalue weighted by Gasteiger charge is -2.05. The van der Waals surface area contributed by atoms with E-state index in [1.54, 1.807) is 62.5 Å². The van der Waals surface area contributed by atoms with Crippen molar-refractivity contribution in [1.82, 2.24) is 9.78 Å². The van der Waals surface area contributed by atoms with E-state index < -0.39 is 7.15 Å². The van der Waals surface area contributed by atoms with Crippen molar-refractivity contribution in [2.24, 2.45) is 15.0 Å². The number of nitrogens with zero attached hydrogens (tertiary/aromatic N) is 5. The minimum atomic E-state index is -1.00. The Labute approximate surface area is 200 Å². The van der Waals surface area contributed by atoms with Crippen LogP contribution in [0.15, 0.2) is 73.7 Å². The van der Waals surface area contributed by atoms with Gasteiger partial charge in [0.1, 0.15) is 11.4 Å². The first-order chi connectivity index (χ1) is 15.9. The molecule has 0 spiro atoms. The molecule has 0 saturated heterocycles. The maximum Gasteiger partial charge on any atom is 0.188 e. The highest BCUT2D eigenvalue weighted by Crippen LogP contribution is 2.13. The lowest BCUT2D eigenvalue weighted by Crippen LogP contribution is -2.11. The number of ketones is 2. The molecular weight excluding hydrogens is 528 g/mol. The number of carbonyl (C=O) groups is 2. The summed E-state index contributed by atoms with van der Waals surface area (Å²) in [5, 5.41) is 13.1. The van der Waals surface area contributed by atoms with E-state index in [4.69, 9.17) is 6.48 Å². The minimum Gasteiger partial charge on any atom is -0.507 e. The molecule has 168 valence electrons. The summed E-state index contributed by atoms with van der Waals surface area (Å²) < 4.78 is 17.8. The summed E-state index contributed by atoms with van der Waals surface area (Å²) in [6.07, 6.45) is 12.1. The zero-order valence-electron chi connectivity index (χ0n) is 18.3. The number of aromatic hydroxyl groups is 1. The Morgan fingerprint density at radius 3 is 2.31 bits per heavy atom. The van der Waals surface area contributed by atoms with Crippen molar-refractivity contribution in [3.8, 4) is 5.75 Å². The number of hydrogen-bond donors (Lipinski definition) is 1. The van der Waals surface area contributed by atoms with Crippen LogP contribution in [0.1, 0.15) is 19.8 Å². The second-order valence-electron chi connectivity index (χ2n) is 5.81. The van der Waals surface area contributed by atoms with Crippen LogP contribution in [0.5, 0.6) is 5.75 Å². The molecule has 0 fully saturated rings. The highest BCUT2D eigenvalue weighted by atomic mass is 127. The predicted molar refractivity (Wildman–Crippen MR) is 133 cm³/mol. The van der Waals surface area contributed by atoms with Crippen molar-refractivity contribution >= 4 is 58.5 Å². The molecule has 0 saturated carbocycles. The average molecular weight is 552 g/mol. The van der Waals surface area contributed by atoms with Crippen LogP contribution in [0.2, 0.25) is 0 Å². The van der Waals surface area contributed by atoms with Crippen molar-refractivity contribution in [1.29, 1.82) is 0 Å². The van der Waals surface area contributed by atoms with Gasteiger partial charge in [0.2, 0.25) is 0 Å². The van der Waals surface area contributed by atoms with Gasteiger partial charge in [-0.2, -0.15) is 5.10 Å². The molecule has 1 N–H and O–H groups in total. The van der Waals surface area contributed by atoms with E-state index in [2.05, 4.69) is 20.1 Å². The van der Waals surface area contributed by atoms with Crippen LogP contribution in [0.4, 0.5) is 4.39 Å². The fourth-order valence-corrected chi connectivity index (χ4v) is 2.57. The first kappa shape index (κ1) is 25.0. The highest BCUT2D eigenvalue weighted by Gasteiger charge is 2.12. The molecule has 0 atom stereocenters. The number of Topliss-reactive ketones (excluding diaryl/α,β-unsaturated/α-hetero) is 2. The number of hydrogen-bond acceptors (Lipinski definition) is 7. The summed E-state index contributed by atoms with van der Waals surface area (Å²) in [6, 6.07) is 8.85. The van der Waals surface area contributed by atoms with Gasteiger partial charge in [0.15, 0.2) is 11.6 Å². The number of alkyl halides is 1. The van der Waals surface area contributed by atoms with Gasteiger partial charge in [0.05, 0.1) is 18.3 Å². The summed E-state index contributed by atoms with van der Waals surface area (Å²) in [7, 11) is 0.673. The van der Waals surface area contributed by atoms with Crippen LogP contribution in [-0.2, 0) is 9.59 Å². The van der Waals surface area contributed by atoms with Gasteiger partial charge in [0.25, 0.3) is 0 Å². The number of phenolic OH excluding ortho intramolecular Hbond substituents is 1. The monoisotopic (exact) mass is 552 g/mol. The van der Waals surface area contributed by atoms with Gasteiger partial charge in [-0.15, -0.1) is 0 Å². The molecule has 2 aromatic rings. The standard InChI is InChI=1S/C8H7N3O.C8H9NO.C5H4INO.CH3F/c12-8-2-4-9-6-7(8)11-5-1-3-10-11;1-9-6-7-4-2-3-5-8(7)10;6-4-3-7-2-1-5(4)8;1-2/h1,3-6H,2H2;2-6,10H,1H3;2-3H,1H2;1H3/i;;;1D. The molecule has 2 aliphatic rings. The van der Waals surface area contributed by atoms with Gasteiger partial charge in [0, 0.05) is 62.7 Å². The maximum atomic E-state index is 11.3. The van der Waals surface area contributed by atoms with Crippen LogP contribution < -0.4 is 0 Å². The summed E-state index contributed by atoms with van der Waals surface area (Å²) in [6.45, 7) is 0. The Balaban J connectivity index is 0.000000238. The molecule has 2 aliphatic heterocycles. The van der Waals surface area contributed by atoms with Crippen LogP contribution in [0.3, 0.4) is 0 Å². The normalized spacial score (nSPS) is 14.7. The molecule has 0 amide bonds. The largest absolute Gasteiger partial charge is 0.507 e. The number of allylic oxidation sites excluding steroid dienone is 2. The number of halogens is 2. The van der Waals surface area contributed by atoms with E-state index in [1.165, 1.54) is 10.9 Å². The lowest BCUT2D eigenvalue weighted by atomic mass is 10.2. The smallest absolute Gasteiger partial charge is 0.188 e. The van der Waals surface area contributed by atoms with Gasteiger partial charge < -0.3 is 5.11 Å². The second-order valence-corrected chi connectivity index (χ2v) is 6.97. The Hall–Kier alpha value is -3.28. The number of para-hydroxylation sites is 1. The Bertz CT molecular complexity index is 1050. The predicted octanol–water partition coefficient (Wildman–Crippen LogP) is 4.06. The number of aromatic nitrogens is 2. The Kier molecular flexibility index (Phi) is 12.1. The molecule has 3 heterocycles. The summed E-state index contributed by atoms with van der Waals surface area (Å²) in [5.74, 6) is 0.488. The van der Waals surface area contributed by atoms with Crippen molar-refractivity contribution < 1.29 is 20.5 Å². The molecule has 4 rings (SSSR count). The minimum absolute atomic E-state index is 0.0497. The second kappa shape index (κ2) is 15.5. The van der Waals surface area contributed by atoms with Gasteiger partial charge >= 0.3 is 0 Å². The molecular formula is C22H23FIN5O3. The zero-order chi connectivity index (χ0) is 24.5. The van der Waals surface area contributed by atoms with Crippen molar-refractivity contribution in [2.75, 3.05) is 14.2 Å². The molecule has 0 aliphatic carbocycles. The first-order valence-electron chi connectivity index (χ1n) is 9.86.